The molecule has 0 unspecified atom stereocenters. The number of carbonyl (C=O) groups is 2. The number of hydrogen-bond donors (Lipinski definition) is 1. The number of hydrogen-bond acceptors (Lipinski definition) is 6. The minimum atomic E-state index is -4.55. The van der Waals surface area contributed by atoms with Crippen molar-refractivity contribution >= 4 is 23.5 Å². The Bertz CT molecular complexity index is 1160. The van der Waals surface area contributed by atoms with Gasteiger partial charge in [-0.15, -0.1) is 0 Å². The highest BCUT2D eigenvalue weighted by Gasteiger charge is 2.34. The summed E-state index contributed by atoms with van der Waals surface area (Å²) in [5.41, 5.74) is -0.537. The Morgan fingerprint density at radius 2 is 1.77 bits per heavy atom. The van der Waals surface area contributed by atoms with Crippen LogP contribution in [0.2, 0.25) is 0 Å². The topological polar surface area (TPSA) is 84.4 Å². The van der Waals surface area contributed by atoms with Crippen LogP contribution in [0.1, 0.15) is 30.1 Å². The van der Waals surface area contributed by atoms with Gasteiger partial charge in [0.25, 0.3) is 5.91 Å². The number of piperidine rings is 1. The van der Waals surface area contributed by atoms with E-state index in [9.17, 15) is 22.8 Å². The van der Waals surface area contributed by atoms with Crippen molar-refractivity contribution in [3.8, 4) is 0 Å². The molecule has 1 aromatic heterocycles. The van der Waals surface area contributed by atoms with E-state index in [1.54, 1.807) is 48.8 Å². The minimum absolute atomic E-state index is 0.0492. The molecule has 4 rings (SSSR count). The van der Waals surface area contributed by atoms with Gasteiger partial charge in [0.15, 0.2) is 0 Å². The molecule has 10 heteroatoms. The van der Waals surface area contributed by atoms with Crippen molar-refractivity contribution in [1.82, 2.24) is 9.97 Å². The maximum absolute atomic E-state index is 13.1. The molecule has 1 fully saturated rings. The number of ether oxygens (including phenoxy) is 1. The van der Waals surface area contributed by atoms with Gasteiger partial charge in [-0.05, 0) is 37.1 Å². The molecule has 1 saturated heterocycles. The van der Waals surface area contributed by atoms with Crippen LogP contribution in [0.4, 0.5) is 24.8 Å². The van der Waals surface area contributed by atoms with Gasteiger partial charge in [-0.3, -0.25) is 9.59 Å². The second-order valence-electron chi connectivity index (χ2n) is 8.13. The summed E-state index contributed by atoms with van der Waals surface area (Å²) < 4.78 is 44.8. The lowest BCUT2D eigenvalue weighted by Gasteiger charge is -2.32. The zero-order valence-electron chi connectivity index (χ0n) is 18.6. The highest BCUT2D eigenvalue weighted by atomic mass is 19.4. The SMILES string of the molecule is O=C(O[C@H](C(=O)Nc1cccc(C(F)(F)F)c1)c1ccccc1)[C@H]1CCCN(c2ncccn2)C1. The summed E-state index contributed by atoms with van der Waals surface area (Å²) in [6, 6.07) is 14.3. The number of amides is 1. The van der Waals surface area contributed by atoms with Crippen LogP contribution in [0.3, 0.4) is 0 Å². The zero-order valence-corrected chi connectivity index (χ0v) is 18.6. The van der Waals surface area contributed by atoms with E-state index in [2.05, 4.69) is 15.3 Å². The molecule has 7 nitrogen and oxygen atoms in total. The minimum Gasteiger partial charge on any atom is -0.447 e. The number of aromatic nitrogens is 2. The zero-order chi connectivity index (χ0) is 24.8. The van der Waals surface area contributed by atoms with Crippen molar-refractivity contribution < 1.29 is 27.5 Å². The number of benzene rings is 2. The highest BCUT2D eigenvalue weighted by Crippen LogP contribution is 2.31. The molecular formula is C25H23F3N4O3. The monoisotopic (exact) mass is 484 g/mol. The van der Waals surface area contributed by atoms with Crippen molar-refractivity contribution in [2.75, 3.05) is 23.3 Å². The molecule has 0 aliphatic carbocycles. The molecule has 1 N–H and O–H groups in total. The number of nitrogens with zero attached hydrogens (tertiary/aromatic N) is 3. The number of esters is 1. The van der Waals surface area contributed by atoms with Gasteiger partial charge in [0.2, 0.25) is 12.1 Å². The predicted octanol–water partition coefficient (Wildman–Crippen LogP) is 4.64. The third-order valence-electron chi connectivity index (χ3n) is 5.62. The maximum Gasteiger partial charge on any atom is 0.416 e. The molecule has 35 heavy (non-hydrogen) atoms. The molecule has 2 atom stereocenters. The van der Waals surface area contributed by atoms with Gasteiger partial charge in [0.1, 0.15) is 0 Å². The van der Waals surface area contributed by atoms with Crippen LogP contribution < -0.4 is 10.2 Å². The smallest absolute Gasteiger partial charge is 0.416 e. The first kappa shape index (κ1) is 24.2. The normalized spacial score (nSPS) is 16.9. The number of alkyl halides is 3. The van der Waals surface area contributed by atoms with Crippen molar-refractivity contribution in [3.63, 3.8) is 0 Å². The summed E-state index contributed by atoms with van der Waals surface area (Å²) in [6.07, 6.45) is -1.37. The van der Waals surface area contributed by atoms with Gasteiger partial charge in [-0.1, -0.05) is 36.4 Å². The second-order valence-corrected chi connectivity index (χ2v) is 8.13. The summed E-state index contributed by atoms with van der Waals surface area (Å²) >= 11 is 0. The Balaban J connectivity index is 1.50. The molecule has 0 bridgehead atoms. The molecule has 182 valence electrons. The number of anilines is 2. The van der Waals surface area contributed by atoms with Crippen LogP contribution in [0.25, 0.3) is 0 Å². The first-order chi connectivity index (χ1) is 16.8. The van der Waals surface area contributed by atoms with E-state index >= 15 is 0 Å². The largest absolute Gasteiger partial charge is 0.447 e. The van der Waals surface area contributed by atoms with Gasteiger partial charge in [-0.25, -0.2) is 9.97 Å². The standard InChI is InChI=1S/C25H23F3N4O3/c26-25(27,28)19-10-4-11-20(15-19)31-22(33)21(17-7-2-1-3-8-17)35-23(34)18-9-5-14-32(16-18)24-29-12-6-13-30-24/h1-4,6-8,10-13,15,18,21H,5,9,14,16H2,(H,31,33)/t18-,21-/m0/s1. The van der Waals surface area contributed by atoms with Crippen LogP contribution in [-0.2, 0) is 20.5 Å². The lowest BCUT2D eigenvalue weighted by atomic mass is 9.98. The molecular weight excluding hydrogens is 461 g/mol. The van der Waals surface area contributed by atoms with Crippen LogP contribution in [0.15, 0.2) is 73.1 Å². The summed E-state index contributed by atoms with van der Waals surface area (Å²) in [5.74, 6) is -1.33. The van der Waals surface area contributed by atoms with Crippen molar-refractivity contribution in [1.29, 1.82) is 0 Å². The quantitative estimate of drug-likeness (QED) is 0.514. The summed E-state index contributed by atoms with van der Waals surface area (Å²) in [6.45, 7) is 1.02. The first-order valence-corrected chi connectivity index (χ1v) is 11.1. The molecule has 3 aromatic rings. The second kappa shape index (κ2) is 10.5. The average Bonchev–Trinajstić information content (AvgIpc) is 2.88. The first-order valence-electron chi connectivity index (χ1n) is 11.1. The Hall–Kier alpha value is -3.95. The Morgan fingerprint density at radius 1 is 1.03 bits per heavy atom. The molecule has 0 saturated carbocycles. The molecule has 2 aromatic carbocycles. The number of nitrogens with one attached hydrogen (secondary N) is 1. The molecule has 0 spiro atoms. The number of carbonyl (C=O) groups excluding carboxylic acids is 2. The fourth-order valence-corrected chi connectivity index (χ4v) is 3.90. The maximum atomic E-state index is 13.1. The van der Waals surface area contributed by atoms with E-state index < -0.39 is 35.6 Å². The van der Waals surface area contributed by atoms with Gasteiger partial charge in [0, 0.05) is 36.7 Å². The molecule has 1 aliphatic heterocycles. The Kier molecular flexibility index (Phi) is 7.28. The number of halogens is 3. The van der Waals surface area contributed by atoms with E-state index in [1.165, 1.54) is 12.1 Å². The fraction of sp³-hybridized carbons (Fsp3) is 0.280. The van der Waals surface area contributed by atoms with Gasteiger partial charge in [-0.2, -0.15) is 13.2 Å². The van der Waals surface area contributed by atoms with Gasteiger partial charge >= 0.3 is 12.1 Å². The van der Waals surface area contributed by atoms with Crippen LogP contribution in [0, 0.1) is 5.92 Å². The predicted molar refractivity (Wildman–Crippen MR) is 122 cm³/mol. The summed E-state index contributed by atoms with van der Waals surface area (Å²) in [4.78, 5) is 36.5. The summed E-state index contributed by atoms with van der Waals surface area (Å²) in [5, 5.41) is 2.45. The molecule has 0 radical (unpaired) electrons. The Morgan fingerprint density at radius 3 is 2.49 bits per heavy atom. The van der Waals surface area contributed by atoms with Crippen molar-refractivity contribution in [3.05, 3.63) is 84.2 Å². The lowest BCUT2D eigenvalue weighted by molar-refractivity contribution is -0.159. The van der Waals surface area contributed by atoms with Crippen molar-refractivity contribution in [2.45, 2.75) is 25.1 Å². The van der Waals surface area contributed by atoms with Crippen LogP contribution in [-0.4, -0.2) is 34.9 Å². The van der Waals surface area contributed by atoms with Crippen LogP contribution >= 0.6 is 0 Å². The highest BCUT2D eigenvalue weighted by molar-refractivity contribution is 5.96. The van der Waals surface area contributed by atoms with Crippen molar-refractivity contribution in [2.24, 2.45) is 5.92 Å². The third-order valence-corrected chi connectivity index (χ3v) is 5.62. The lowest BCUT2D eigenvalue weighted by Crippen LogP contribution is -2.41. The van der Waals surface area contributed by atoms with Gasteiger partial charge in [0.05, 0.1) is 11.5 Å². The Labute approximate surface area is 200 Å². The average molecular weight is 484 g/mol. The van der Waals surface area contributed by atoms with E-state index in [4.69, 9.17) is 4.74 Å². The van der Waals surface area contributed by atoms with E-state index in [0.29, 0.717) is 37.4 Å². The van der Waals surface area contributed by atoms with Gasteiger partial charge < -0.3 is 15.0 Å². The molecule has 1 amide bonds. The third kappa shape index (κ3) is 6.14. The molecule has 2 heterocycles. The fourth-order valence-electron chi connectivity index (χ4n) is 3.90. The summed E-state index contributed by atoms with van der Waals surface area (Å²) in [7, 11) is 0. The van der Waals surface area contributed by atoms with Crippen LogP contribution in [0.5, 0.6) is 0 Å². The molecule has 1 aliphatic rings. The van der Waals surface area contributed by atoms with E-state index in [-0.39, 0.29) is 5.69 Å². The number of rotatable bonds is 6. The van der Waals surface area contributed by atoms with E-state index in [0.717, 1.165) is 12.1 Å². The van der Waals surface area contributed by atoms with E-state index in [1.807, 2.05) is 4.90 Å².